The van der Waals surface area contributed by atoms with E-state index >= 15 is 0 Å². The van der Waals surface area contributed by atoms with Crippen LogP contribution in [-0.4, -0.2) is 16.4 Å². The van der Waals surface area contributed by atoms with Gasteiger partial charge in [-0.05, 0) is 12.1 Å². The van der Waals surface area contributed by atoms with E-state index in [4.69, 9.17) is 10.4 Å². The van der Waals surface area contributed by atoms with Gasteiger partial charge in [-0.2, -0.15) is 8.78 Å². The Morgan fingerprint density at radius 2 is 1.46 bits per heavy atom. The summed E-state index contributed by atoms with van der Waals surface area (Å²) in [5.41, 5.74) is -1.44. The molecule has 0 aliphatic carbocycles. The second-order valence-corrected chi connectivity index (χ2v) is 4.26. The molecule has 0 fully saturated rings. The molecule has 11 heteroatoms. The third-order valence-electron chi connectivity index (χ3n) is 2.77. The van der Waals surface area contributed by atoms with Gasteiger partial charge in [0.2, 0.25) is 34.8 Å². The van der Waals surface area contributed by atoms with Crippen molar-refractivity contribution < 1.29 is 47.0 Å². The number of rotatable bonds is 3. The first-order chi connectivity index (χ1) is 11.1. The average Bonchev–Trinajstić information content (AvgIpc) is 2.55. The monoisotopic (exact) mass is 350 g/mol. The van der Waals surface area contributed by atoms with E-state index < -0.39 is 63.0 Å². The molecule has 0 saturated carbocycles. The predicted molar refractivity (Wildman–Crippen MR) is 63.1 cm³/mol. The summed E-state index contributed by atoms with van der Waals surface area (Å²) >= 11 is 0. The van der Waals surface area contributed by atoms with Crippen LogP contribution in [0.4, 0.5) is 27.6 Å². The number of carbonyl (C=O) groups excluding carboxylic acids is 1. The molecule has 24 heavy (non-hydrogen) atoms. The maximum absolute atomic E-state index is 13.4. The Balaban J connectivity index is 2.43. The first-order valence-corrected chi connectivity index (χ1v) is 5.87. The second-order valence-electron chi connectivity index (χ2n) is 4.26. The van der Waals surface area contributed by atoms with E-state index in [2.05, 4.69) is 4.74 Å². The van der Waals surface area contributed by atoms with Crippen LogP contribution in [0, 0.1) is 29.1 Å². The molecule has 128 valence electrons. The molecule has 0 atom stereocenters. The van der Waals surface area contributed by atoms with Gasteiger partial charge in [0.05, 0.1) is 11.3 Å². The minimum absolute atomic E-state index is 0.566. The van der Waals surface area contributed by atoms with Gasteiger partial charge in [0.1, 0.15) is 0 Å². The van der Waals surface area contributed by atoms with Crippen molar-refractivity contribution in [2.24, 2.45) is 0 Å². The summed E-state index contributed by atoms with van der Waals surface area (Å²) in [6, 6.07) is 2.03. The number of anilines is 1. The Morgan fingerprint density at radius 3 is 1.96 bits per heavy atom. The van der Waals surface area contributed by atoms with Gasteiger partial charge in [-0.15, -0.1) is 5.23 Å². The van der Waals surface area contributed by atoms with Gasteiger partial charge in [0.15, 0.2) is 0 Å². The van der Waals surface area contributed by atoms with Crippen LogP contribution in [0.3, 0.4) is 0 Å². The zero-order chi connectivity index (χ0) is 18.2. The quantitative estimate of drug-likeness (QED) is 0.220. The lowest BCUT2D eigenvalue weighted by atomic mass is 10.2. The van der Waals surface area contributed by atoms with E-state index in [0.29, 0.717) is 12.1 Å². The fourth-order valence-corrected chi connectivity index (χ4v) is 1.63. The fraction of sp³-hybridized carbons (Fsp3) is 0. The summed E-state index contributed by atoms with van der Waals surface area (Å²) in [6.45, 7) is 0. The van der Waals surface area contributed by atoms with Crippen molar-refractivity contribution in [3.05, 3.63) is 52.8 Å². The highest BCUT2D eigenvalue weighted by Gasteiger charge is 2.29. The lowest BCUT2D eigenvalue weighted by Crippen LogP contribution is -2.17. The van der Waals surface area contributed by atoms with Gasteiger partial charge in [-0.25, -0.2) is 18.0 Å². The largest absolute Gasteiger partial charge is 0.871 e. The van der Waals surface area contributed by atoms with Gasteiger partial charge in [0.25, 0.3) is 0 Å². The molecule has 6 nitrogen and oxygen atoms in total. The number of benzene rings is 2. The number of ether oxygens (including phenoxy) is 1. The molecule has 2 N–H and O–H groups in total. The molecule has 0 aromatic heterocycles. The maximum Gasteiger partial charge on any atom is 0.343 e. The minimum Gasteiger partial charge on any atom is -0.871 e. The van der Waals surface area contributed by atoms with Gasteiger partial charge in [0, 0.05) is 0 Å². The molecule has 0 aliphatic heterocycles. The van der Waals surface area contributed by atoms with Gasteiger partial charge in [-0.3, -0.25) is 10.4 Å². The zero-order valence-electron chi connectivity index (χ0n) is 11.2. The highest BCUT2D eigenvalue weighted by Crippen LogP contribution is 2.30. The van der Waals surface area contributed by atoms with Crippen LogP contribution in [0.1, 0.15) is 10.4 Å². The van der Waals surface area contributed by atoms with Crippen molar-refractivity contribution in [2.75, 3.05) is 5.23 Å². The maximum atomic E-state index is 13.4. The van der Waals surface area contributed by atoms with Crippen LogP contribution >= 0.6 is 0 Å². The van der Waals surface area contributed by atoms with Crippen molar-refractivity contribution in [3.63, 3.8) is 0 Å². The van der Waals surface area contributed by atoms with Crippen molar-refractivity contribution in [2.45, 2.75) is 0 Å². The number of hydrogen-bond donors (Lipinski definition) is 2. The van der Waals surface area contributed by atoms with Crippen LogP contribution in [0.25, 0.3) is 0 Å². The van der Waals surface area contributed by atoms with E-state index in [-0.39, 0.29) is 0 Å². The third kappa shape index (κ3) is 2.94. The van der Waals surface area contributed by atoms with Crippen LogP contribution in [0.5, 0.6) is 11.5 Å². The van der Waals surface area contributed by atoms with E-state index in [1.807, 2.05) is 0 Å². The van der Waals surface area contributed by atoms with Gasteiger partial charge < -0.3 is 9.84 Å². The summed E-state index contributed by atoms with van der Waals surface area (Å²) in [7, 11) is 0. The summed E-state index contributed by atoms with van der Waals surface area (Å²) in [6.07, 6.45) is 0. The van der Waals surface area contributed by atoms with Gasteiger partial charge >= 0.3 is 5.97 Å². The van der Waals surface area contributed by atoms with Crippen molar-refractivity contribution in [1.82, 2.24) is 0 Å². The van der Waals surface area contributed by atoms with Crippen molar-refractivity contribution in [3.8, 4) is 11.5 Å². The summed E-state index contributed by atoms with van der Waals surface area (Å²) in [5, 5.41) is 28.2. The average molecular weight is 350 g/mol. The molecular formula is C13H5F5NO5-. The Hall–Kier alpha value is -2.92. The first kappa shape index (κ1) is 17.4. The molecule has 0 spiro atoms. The number of nitrogens with zero attached hydrogens (tertiary/aromatic N) is 1. The smallest absolute Gasteiger partial charge is 0.343 e. The summed E-state index contributed by atoms with van der Waals surface area (Å²) < 4.78 is 69.9. The molecule has 2 aromatic rings. The lowest BCUT2D eigenvalue weighted by Gasteiger charge is -2.17. The van der Waals surface area contributed by atoms with E-state index in [1.165, 1.54) is 0 Å². The topological polar surface area (TPSA) is 93.1 Å². The highest BCUT2D eigenvalue weighted by atomic mass is 19.2. The normalized spacial score (nSPS) is 10.6. The molecule has 2 rings (SSSR count). The number of hydrogen-bond acceptors (Lipinski definition) is 6. The Labute approximate surface area is 129 Å². The van der Waals surface area contributed by atoms with Crippen LogP contribution < -0.4 is 15.1 Å². The Kier molecular flexibility index (Phi) is 4.57. The van der Waals surface area contributed by atoms with E-state index in [9.17, 15) is 31.9 Å². The van der Waals surface area contributed by atoms with Crippen molar-refractivity contribution >= 4 is 11.7 Å². The van der Waals surface area contributed by atoms with E-state index in [1.54, 1.807) is 0 Å². The Bertz CT molecular complexity index is 798. The molecule has 0 saturated heterocycles. The molecule has 0 heterocycles. The molecule has 0 bridgehead atoms. The van der Waals surface area contributed by atoms with Gasteiger partial charge in [-0.1, -0.05) is 11.8 Å². The SMILES string of the molecule is O=C(Oc1c(F)c(F)c(F)c(F)c1F)c1ccc([O-])c(N(O)O)c1. The van der Waals surface area contributed by atoms with E-state index in [0.717, 1.165) is 6.07 Å². The molecule has 0 amide bonds. The minimum atomic E-state index is -2.43. The molecule has 0 radical (unpaired) electrons. The fourth-order valence-electron chi connectivity index (χ4n) is 1.63. The van der Waals surface area contributed by atoms with Crippen molar-refractivity contribution in [1.29, 1.82) is 0 Å². The van der Waals surface area contributed by atoms with Crippen LogP contribution in [0.15, 0.2) is 18.2 Å². The molecular weight excluding hydrogens is 345 g/mol. The third-order valence-corrected chi connectivity index (χ3v) is 2.77. The second kappa shape index (κ2) is 6.29. The molecule has 0 unspecified atom stereocenters. The van der Waals surface area contributed by atoms with Crippen LogP contribution in [-0.2, 0) is 0 Å². The highest BCUT2D eigenvalue weighted by molar-refractivity contribution is 5.92. The molecule has 2 aromatic carbocycles. The number of esters is 1. The summed E-state index contributed by atoms with van der Waals surface area (Å²) in [5.74, 6) is -16.2. The summed E-state index contributed by atoms with van der Waals surface area (Å²) in [4.78, 5) is 11.7. The zero-order valence-corrected chi connectivity index (χ0v) is 11.2. The molecule has 0 aliphatic rings. The standard InChI is InChI=1S/C13H6F5NO5/c14-7-8(15)10(17)12(11(18)9(7)16)24-13(21)4-1-2-6(20)5(3-4)19(22)23/h1-3,20,22-23H/p-1. The first-order valence-electron chi connectivity index (χ1n) is 5.87. The number of halogens is 5. The van der Waals surface area contributed by atoms with Crippen LogP contribution in [0.2, 0.25) is 0 Å². The Morgan fingerprint density at radius 1 is 0.958 bits per heavy atom. The number of carbonyl (C=O) groups is 1. The lowest BCUT2D eigenvalue weighted by molar-refractivity contribution is -0.268. The predicted octanol–water partition coefficient (Wildman–Crippen LogP) is 2.26.